The van der Waals surface area contributed by atoms with Crippen LogP contribution in [0.3, 0.4) is 0 Å². The van der Waals surface area contributed by atoms with E-state index >= 15 is 0 Å². The summed E-state index contributed by atoms with van der Waals surface area (Å²) >= 11 is 3.22. The van der Waals surface area contributed by atoms with E-state index in [0.717, 1.165) is 0 Å². The van der Waals surface area contributed by atoms with Crippen molar-refractivity contribution in [2.24, 2.45) is 0 Å². The third kappa shape index (κ3) is 2.81. The quantitative estimate of drug-likeness (QED) is 0.731. The Morgan fingerprint density at radius 3 is 3.24 bits per heavy atom. The predicted octanol–water partition coefficient (Wildman–Crippen LogP) is 1.21. The molecule has 17 heavy (non-hydrogen) atoms. The van der Waals surface area contributed by atoms with Gasteiger partial charge in [-0.15, -0.1) is 0 Å². The minimum absolute atomic E-state index is 0.100. The number of morpholine rings is 1. The number of carbonyl (C=O) groups excluding carboxylic acids is 1. The molecule has 0 radical (unpaired) electrons. The number of halogens is 1. The zero-order valence-corrected chi connectivity index (χ0v) is 10.6. The molecule has 1 saturated heterocycles. The Kier molecular flexibility index (Phi) is 3.71. The second-order valence-corrected chi connectivity index (χ2v) is 4.42. The SMILES string of the molecule is N#CC1CN(C(=O)c2ccnc(Br)c2)CCO1. The lowest BCUT2D eigenvalue weighted by Crippen LogP contribution is -2.45. The number of hydrogen-bond acceptors (Lipinski definition) is 4. The highest BCUT2D eigenvalue weighted by Gasteiger charge is 2.24. The molecule has 1 aromatic rings. The highest BCUT2D eigenvalue weighted by atomic mass is 79.9. The fourth-order valence-corrected chi connectivity index (χ4v) is 1.99. The van der Waals surface area contributed by atoms with Crippen LogP contribution in [-0.4, -0.2) is 41.6 Å². The van der Waals surface area contributed by atoms with Crippen molar-refractivity contribution >= 4 is 21.8 Å². The van der Waals surface area contributed by atoms with Crippen LogP contribution in [0.1, 0.15) is 10.4 Å². The van der Waals surface area contributed by atoms with Crippen molar-refractivity contribution in [3.63, 3.8) is 0 Å². The lowest BCUT2D eigenvalue weighted by molar-refractivity contribution is 0.00346. The van der Waals surface area contributed by atoms with Gasteiger partial charge in [0.15, 0.2) is 6.10 Å². The van der Waals surface area contributed by atoms with E-state index in [1.807, 2.05) is 6.07 Å². The topological polar surface area (TPSA) is 66.2 Å². The number of amides is 1. The molecule has 1 aromatic heterocycles. The number of carbonyl (C=O) groups is 1. The van der Waals surface area contributed by atoms with E-state index in [1.165, 1.54) is 0 Å². The molecule has 0 saturated carbocycles. The Labute approximate surface area is 107 Å². The van der Waals surface area contributed by atoms with E-state index in [0.29, 0.717) is 29.9 Å². The fraction of sp³-hybridized carbons (Fsp3) is 0.364. The van der Waals surface area contributed by atoms with Crippen molar-refractivity contribution in [3.05, 3.63) is 28.5 Å². The van der Waals surface area contributed by atoms with Gasteiger partial charge in [-0.2, -0.15) is 5.26 Å². The van der Waals surface area contributed by atoms with Gasteiger partial charge in [0.2, 0.25) is 0 Å². The number of ether oxygens (including phenoxy) is 1. The Bertz CT molecular complexity index is 472. The molecule has 5 nitrogen and oxygen atoms in total. The molecule has 1 fully saturated rings. The first-order valence-electron chi connectivity index (χ1n) is 5.13. The minimum Gasteiger partial charge on any atom is -0.360 e. The Morgan fingerprint density at radius 1 is 1.71 bits per heavy atom. The van der Waals surface area contributed by atoms with Gasteiger partial charge in [0, 0.05) is 18.3 Å². The van der Waals surface area contributed by atoms with Gasteiger partial charge in [0.25, 0.3) is 5.91 Å². The van der Waals surface area contributed by atoms with Crippen LogP contribution in [0, 0.1) is 11.3 Å². The molecule has 0 aromatic carbocycles. The minimum atomic E-state index is -0.530. The third-order valence-electron chi connectivity index (χ3n) is 2.47. The summed E-state index contributed by atoms with van der Waals surface area (Å²) in [5.41, 5.74) is 0.561. The molecule has 0 spiro atoms. The van der Waals surface area contributed by atoms with Crippen LogP contribution >= 0.6 is 15.9 Å². The number of rotatable bonds is 1. The average molecular weight is 296 g/mol. The van der Waals surface area contributed by atoms with Gasteiger partial charge in [0.1, 0.15) is 4.60 Å². The Morgan fingerprint density at radius 2 is 2.53 bits per heavy atom. The number of aromatic nitrogens is 1. The molecule has 6 heteroatoms. The predicted molar refractivity (Wildman–Crippen MR) is 63.2 cm³/mol. The molecular formula is C11H10BrN3O2. The zero-order chi connectivity index (χ0) is 12.3. The molecule has 88 valence electrons. The van der Waals surface area contributed by atoms with E-state index in [-0.39, 0.29) is 5.91 Å². The van der Waals surface area contributed by atoms with Gasteiger partial charge in [0.05, 0.1) is 19.2 Å². The molecule has 0 aliphatic carbocycles. The first-order chi connectivity index (χ1) is 8.20. The third-order valence-corrected chi connectivity index (χ3v) is 2.90. The molecule has 2 rings (SSSR count). The summed E-state index contributed by atoms with van der Waals surface area (Å²) in [5.74, 6) is -0.100. The molecule has 0 N–H and O–H groups in total. The maximum atomic E-state index is 12.1. The van der Waals surface area contributed by atoms with Gasteiger partial charge < -0.3 is 9.64 Å². The van der Waals surface area contributed by atoms with Crippen LogP contribution in [0.4, 0.5) is 0 Å². The van der Waals surface area contributed by atoms with Crippen LogP contribution in [0.15, 0.2) is 22.9 Å². The van der Waals surface area contributed by atoms with E-state index in [9.17, 15) is 4.79 Å². The molecule has 0 bridgehead atoms. The zero-order valence-electron chi connectivity index (χ0n) is 8.97. The largest absolute Gasteiger partial charge is 0.360 e. The standard InChI is InChI=1S/C11H10BrN3O2/c12-10-5-8(1-2-14-10)11(16)15-3-4-17-9(6-13)7-15/h1-2,5,9H,3-4,7H2. The molecule has 1 amide bonds. The smallest absolute Gasteiger partial charge is 0.254 e. The molecule has 2 heterocycles. The number of hydrogen-bond donors (Lipinski definition) is 0. The van der Waals surface area contributed by atoms with Crippen molar-refractivity contribution in [1.29, 1.82) is 5.26 Å². The number of nitrogens with zero attached hydrogens (tertiary/aromatic N) is 3. The maximum absolute atomic E-state index is 12.1. The highest BCUT2D eigenvalue weighted by molar-refractivity contribution is 9.10. The lowest BCUT2D eigenvalue weighted by atomic mass is 10.2. The highest BCUT2D eigenvalue weighted by Crippen LogP contribution is 2.13. The number of pyridine rings is 1. The molecule has 1 atom stereocenters. The van der Waals surface area contributed by atoms with Gasteiger partial charge in [-0.3, -0.25) is 4.79 Å². The van der Waals surface area contributed by atoms with Crippen LogP contribution < -0.4 is 0 Å². The molecule has 1 unspecified atom stereocenters. The van der Waals surface area contributed by atoms with E-state index in [2.05, 4.69) is 20.9 Å². The Balaban J connectivity index is 2.12. The van der Waals surface area contributed by atoms with Gasteiger partial charge >= 0.3 is 0 Å². The first-order valence-corrected chi connectivity index (χ1v) is 5.92. The van der Waals surface area contributed by atoms with Gasteiger partial charge in [-0.1, -0.05) is 0 Å². The molecule has 1 aliphatic rings. The van der Waals surface area contributed by atoms with E-state index < -0.39 is 6.10 Å². The number of nitriles is 1. The summed E-state index contributed by atoms with van der Waals surface area (Å²) in [7, 11) is 0. The van der Waals surface area contributed by atoms with E-state index in [4.69, 9.17) is 10.00 Å². The maximum Gasteiger partial charge on any atom is 0.254 e. The summed E-state index contributed by atoms with van der Waals surface area (Å²) in [6.45, 7) is 1.22. The van der Waals surface area contributed by atoms with Crippen LogP contribution in [0.2, 0.25) is 0 Å². The van der Waals surface area contributed by atoms with Crippen molar-refractivity contribution in [2.75, 3.05) is 19.7 Å². The fourth-order valence-electron chi connectivity index (χ4n) is 1.63. The monoisotopic (exact) mass is 295 g/mol. The normalized spacial score (nSPS) is 19.8. The van der Waals surface area contributed by atoms with Crippen molar-refractivity contribution in [1.82, 2.24) is 9.88 Å². The van der Waals surface area contributed by atoms with Crippen molar-refractivity contribution < 1.29 is 9.53 Å². The second kappa shape index (κ2) is 5.25. The van der Waals surface area contributed by atoms with Crippen molar-refractivity contribution in [2.45, 2.75) is 6.10 Å². The summed E-state index contributed by atoms with van der Waals surface area (Å²) in [4.78, 5) is 17.7. The van der Waals surface area contributed by atoms with Crippen LogP contribution in [0.25, 0.3) is 0 Å². The summed E-state index contributed by atoms with van der Waals surface area (Å²) in [6, 6.07) is 5.34. The molecular weight excluding hydrogens is 286 g/mol. The van der Waals surface area contributed by atoms with Gasteiger partial charge in [-0.05, 0) is 28.1 Å². The Hall–Kier alpha value is -1.45. The van der Waals surface area contributed by atoms with Crippen LogP contribution in [-0.2, 0) is 4.74 Å². The lowest BCUT2D eigenvalue weighted by Gasteiger charge is -2.29. The average Bonchev–Trinajstić information content (AvgIpc) is 2.38. The summed E-state index contributed by atoms with van der Waals surface area (Å²) < 4.78 is 5.81. The van der Waals surface area contributed by atoms with Crippen LogP contribution in [0.5, 0.6) is 0 Å². The second-order valence-electron chi connectivity index (χ2n) is 3.61. The van der Waals surface area contributed by atoms with Gasteiger partial charge in [-0.25, -0.2) is 4.98 Å². The first kappa shape index (κ1) is 12.0. The summed E-state index contributed by atoms with van der Waals surface area (Å²) in [6.07, 6.45) is 1.04. The summed E-state index contributed by atoms with van der Waals surface area (Å²) in [5, 5.41) is 8.77. The van der Waals surface area contributed by atoms with Crippen molar-refractivity contribution in [3.8, 4) is 6.07 Å². The van der Waals surface area contributed by atoms with E-state index in [1.54, 1.807) is 23.2 Å². The molecule has 1 aliphatic heterocycles.